The summed E-state index contributed by atoms with van der Waals surface area (Å²) in [5.74, 6) is -24.9. The topological polar surface area (TPSA) is 0 Å². The van der Waals surface area contributed by atoms with Crippen LogP contribution in [0, 0.1) is 5.92 Å². The maximum absolute atomic E-state index is 12.7. The van der Waals surface area contributed by atoms with Crippen molar-refractivity contribution in [3.63, 3.8) is 0 Å². The zero-order valence-electron chi connectivity index (χ0n) is 7.31. The van der Waals surface area contributed by atoms with Gasteiger partial charge in [-0.15, -0.1) is 0 Å². The molecule has 0 radical (unpaired) electrons. The van der Waals surface area contributed by atoms with Crippen LogP contribution in [0.15, 0.2) is 0 Å². The van der Waals surface area contributed by atoms with Gasteiger partial charge in [0.1, 0.15) is 0 Å². The SMILES string of the molecule is C[C@H]1CC(F)(F)C(F)(F)C(F)(F)C1(F)F. The van der Waals surface area contributed by atoms with Crippen molar-refractivity contribution in [2.45, 2.75) is 37.0 Å². The molecule has 1 atom stereocenters. The molecule has 0 amide bonds. The molecule has 0 aromatic heterocycles. The van der Waals surface area contributed by atoms with Crippen LogP contribution in [0.4, 0.5) is 35.1 Å². The highest BCUT2D eigenvalue weighted by atomic mass is 19.4. The zero-order valence-corrected chi connectivity index (χ0v) is 7.31. The number of hydrogen-bond acceptors (Lipinski definition) is 0. The first kappa shape index (κ1) is 12.5. The van der Waals surface area contributed by atoms with E-state index in [1.54, 1.807) is 0 Å². The highest BCUT2D eigenvalue weighted by molar-refractivity contribution is 5.10. The van der Waals surface area contributed by atoms with Gasteiger partial charge in [-0.05, 0) is 0 Å². The molecule has 0 N–H and O–H groups in total. The third-order valence-corrected chi connectivity index (χ3v) is 2.45. The summed E-state index contributed by atoms with van der Waals surface area (Å²) in [6, 6.07) is 0. The molecule has 0 aromatic rings. The van der Waals surface area contributed by atoms with E-state index in [0.29, 0.717) is 6.92 Å². The van der Waals surface area contributed by atoms with E-state index in [0.717, 1.165) is 0 Å². The highest BCUT2D eigenvalue weighted by Gasteiger charge is 2.85. The van der Waals surface area contributed by atoms with Gasteiger partial charge in [-0.3, -0.25) is 0 Å². The van der Waals surface area contributed by atoms with Crippen molar-refractivity contribution in [2.24, 2.45) is 5.92 Å². The molecular weight excluding hydrogens is 236 g/mol. The summed E-state index contributed by atoms with van der Waals surface area (Å²) >= 11 is 0. The smallest absolute Gasteiger partial charge is 0.200 e. The minimum atomic E-state index is -6.04. The Morgan fingerprint density at radius 2 is 1.20 bits per heavy atom. The molecule has 0 bridgehead atoms. The third kappa shape index (κ3) is 1.25. The lowest BCUT2D eigenvalue weighted by Gasteiger charge is -2.44. The second-order valence-electron chi connectivity index (χ2n) is 3.58. The second kappa shape index (κ2) is 2.76. The molecular formula is C7H6F8. The normalized spacial score (nSPS) is 36.2. The number of halogens is 8. The van der Waals surface area contributed by atoms with Gasteiger partial charge in [0.2, 0.25) is 0 Å². The monoisotopic (exact) mass is 242 g/mol. The van der Waals surface area contributed by atoms with Crippen LogP contribution in [0.2, 0.25) is 0 Å². The maximum atomic E-state index is 12.7. The first-order valence-electron chi connectivity index (χ1n) is 3.89. The number of alkyl halides is 8. The van der Waals surface area contributed by atoms with Gasteiger partial charge in [0.25, 0.3) is 0 Å². The minimum absolute atomic E-state index is 0.386. The summed E-state index contributed by atoms with van der Waals surface area (Å²) in [5, 5.41) is 0. The largest absolute Gasteiger partial charge is 0.378 e. The Balaban J connectivity index is 3.30. The summed E-state index contributed by atoms with van der Waals surface area (Å²) in [7, 11) is 0. The predicted molar refractivity (Wildman–Crippen MR) is 33.6 cm³/mol. The molecule has 1 aliphatic rings. The Hall–Kier alpha value is -0.560. The Bertz CT molecular complexity index is 268. The maximum Gasteiger partial charge on any atom is 0.378 e. The molecule has 8 heteroatoms. The van der Waals surface area contributed by atoms with Crippen LogP contribution < -0.4 is 0 Å². The molecule has 0 heterocycles. The predicted octanol–water partition coefficient (Wildman–Crippen LogP) is 3.57. The average Bonchev–Trinajstić information content (AvgIpc) is 2.00. The first-order chi connectivity index (χ1) is 6.38. The van der Waals surface area contributed by atoms with Crippen LogP contribution in [0.25, 0.3) is 0 Å². The van der Waals surface area contributed by atoms with E-state index < -0.39 is 36.0 Å². The molecule has 1 rings (SSSR count). The van der Waals surface area contributed by atoms with Gasteiger partial charge in [0.05, 0.1) is 0 Å². The van der Waals surface area contributed by atoms with Gasteiger partial charge in [-0.1, -0.05) is 6.92 Å². The van der Waals surface area contributed by atoms with Crippen molar-refractivity contribution in [3.05, 3.63) is 0 Å². The molecule has 1 fully saturated rings. The molecule has 90 valence electrons. The van der Waals surface area contributed by atoms with E-state index in [9.17, 15) is 35.1 Å². The number of hydrogen-bond donors (Lipinski definition) is 0. The van der Waals surface area contributed by atoms with Crippen LogP contribution in [-0.2, 0) is 0 Å². The summed E-state index contributed by atoms with van der Waals surface area (Å²) < 4.78 is 100. The molecule has 0 aromatic carbocycles. The van der Waals surface area contributed by atoms with Gasteiger partial charge in [-0.2, -0.15) is 35.1 Å². The van der Waals surface area contributed by atoms with Gasteiger partial charge in [0, 0.05) is 12.3 Å². The zero-order chi connectivity index (χ0) is 12.3. The van der Waals surface area contributed by atoms with Gasteiger partial charge >= 0.3 is 23.7 Å². The van der Waals surface area contributed by atoms with Crippen LogP contribution >= 0.6 is 0 Å². The quantitative estimate of drug-likeness (QED) is 0.569. The molecule has 0 saturated heterocycles. The van der Waals surface area contributed by atoms with Crippen molar-refractivity contribution in [2.75, 3.05) is 0 Å². The second-order valence-corrected chi connectivity index (χ2v) is 3.58. The van der Waals surface area contributed by atoms with Crippen LogP contribution in [0.1, 0.15) is 13.3 Å². The fraction of sp³-hybridized carbons (Fsp3) is 1.00. The summed E-state index contributed by atoms with van der Waals surface area (Å²) in [5.41, 5.74) is 0. The molecule has 1 saturated carbocycles. The van der Waals surface area contributed by atoms with Gasteiger partial charge < -0.3 is 0 Å². The Morgan fingerprint density at radius 3 is 1.60 bits per heavy atom. The standard InChI is InChI=1S/C7H6F8/c1-3-2-4(8,9)6(12,13)7(14,15)5(3,10)11/h3H,2H2,1H3/t3-/m0/s1. The molecule has 0 unspecified atom stereocenters. The van der Waals surface area contributed by atoms with E-state index in [1.807, 2.05) is 0 Å². The van der Waals surface area contributed by atoms with Crippen LogP contribution in [0.3, 0.4) is 0 Å². The summed E-state index contributed by atoms with van der Waals surface area (Å²) in [6.07, 6.45) is -1.97. The molecule has 0 aliphatic heterocycles. The van der Waals surface area contributed by atoms with Crippen molar-refractivity contribution in [1.82, 2.24) is 0 Å². The Morgan fingerprint density at radius 1 is 0.800 bits per heavy atom. The fourth-order valence-electron chi connectivity index (χ4n) is 1.39. The lowest BCUT2D eigenvalue weighted by molar-refractivity contribution is -0.405. The van der Waals surface area contributed by atoms with Gasteiger partial charge in [0.15, 0.2) is 0 Å². The van der Waals surface area contributed by atoms with Gasteiger partial charge in [-0.25, -0.2) is 0 Å². The van der Waals surface area contributed by atoms with E-state index in [4.69, 9.17) is 0 Å². The van der Waals surface area contributed by atoms with Crippen molar-refractivity contribution >= 4 is 0 Å². The highest BCUT2D eigenvalue weighted by Crippen LogP contribution is 2.61. The van der Waals surface area contributed by atoms with Crippen molar-refractivity contribution in [1.29, 1.82) is 0 Å². The summed E-state index contributed by atoms with van der Waals surface area (Å²) in [6.45, 7) is 0.386. The summed E-state index contributed by atoms with van der Waals surface area (Å²) in [4.78, 5) is 0. The Kier molecular flexibility index (Phi) is 2.30. The number of rotatable bonds is 0. The minimum Gasteiger partial charge on any atom is -0.200 e. The molecule has 1 aliphatic carbocycles. The first-order valence-corrected chi connectivity index (χ1v) is 3.89. The lowest BCUT2D eigenvalue weighted by atomic mass is 9.79. The van der Waals surface area contributed by atoms with Crippen LogP contribution in [-0.4, -0.2) is 23.7 Å². The third-order valence-electron chi connectivity index (χ3n) is 2.45. The van der Waals surface area contributed by atoms with Crippen LogP contribution in [0.5, 0.6) is 0 Å². The van der Waals surface area contributed by atoms with Crippen molar-refractivity contribution < 1.29 is 35.1 Å². The molecule has 15 heavy (non-hydrogen) atoms. The van der Waals surface area contributed by atoms with E-state index >= 15 is 0 Å². The fourth-order valence-corrected chi connectivity index (χ4v) is 1.39. The lowest BCUT2D eigenvalue weighted by Crippen LogP contribution is -2.68. The molecule has 0 spiro atoms. The Labute approximate surface area is 79.2 Å². The average molecular weight is 242 g/mol. The van der Waals surface area contributed by atoms with Crippen molar-refractivity contribution in [3.8, 4) is 0 Å². The van der Waals surface area contributed by atoms with E-state index in [-0.39, 0.29) is 0 Å². The van der Waals surface area contributed by atoms with E-state index in [1.165, 1.54) is 0 Å². The molecule has 0 nitrogen and oxygen atoms in total. The van der Waals surface area contributed by atoms with E-state index in [2.05, 4.69) is 0 Å².